The van der Waals surface area contributed by atoms with E-state index in [4.69, 9.17) is 4.74 Å². The fourth-order valence-electron chi connectivity index (χ4n) is 2.12. The Balaban J connectivity index is 1.89. The summed E-state index contributed by atoms with van der Waals surface area (Å²) in [6.45, 7) is 0.669. The Morgan fingerprint density at radius 3 is 2.81 bits per heavy atom. The lowest BCUT2D eigenvalue weighted by Gasteiger charge is -2.25. The molecule has 1 aliphatic rings. The van der Waals surface area contributed by atoms with E-state index in [0.717, 1.165) is 6.42 Å². The lowest BCUT2D eigenvalue weighted by molar-refractivity contribution is 0.0272. The summed E-state index contributed by atoms with van der Waals surface area (Å²) < 4.78 is 5.85. The van der Waals surface area contributed by atoms with Crippen molar-refractivity contribution in [2.75, 3.05) is 0 Å². The first-order valence-corrected chi connectivity index (χ1v) is 5.52. The number of hydrogen-bond acceptors (Lipinski definition) is 2. The van der Waals surface area contributed by atoms with Crippen LogP contribution < -0.4 is 0 Å². The highest BCUT2D eigenvalue weighted by Crippen LogP contribution is 2.29. The Kier molecular flexibility index (Phi) is 2.43. The molecule has 80 valence electrons. The number of fused-ring (bicyclic) bond motifs is 1. The van der Waals surface area contributed by atoms with Crippen LogP contribution in [0.5, 0.6) is 0 Å². The minimum absolute atomic E-state index is 0.191. The summed E-state index contributed by atoms with van der Waals surface area (Å²) >= 11 is 0. The lowest BCUT2D eigenvalue weighted by atomic mass is 9.97. The van der Waals surface area contributed by atoms with Crippen molar-refractivity contribution in [3.63, 3.8) is 0 Å². The van der Waals surface area contributed by atoms with Gasteiger partial charge in [0, 0.05) is 18.8 Å². The first-order valence-electron chi connectivity index (χ1n) is 5.52. The molecule has 1 atom stereocenters. The summed E-state index contributed by atoms with van der Waals surface area (Å²) in [5.74, 6) is 0. The van der Waals surface area contributed by atoms with Gasteiger partial charge in [0.05, 0.1) is 12.7 Å². The Bertz CT molecular complexity index is 481. The molecule has 2 nitrogen and oxygen atoms in total. The van der Waals surface area contributed by atoms with Gasteiger partial charge in [-0.3, -0.25) is 4.98 Å². The van der Waals surface area contributed by atoms with Gasteiger partial charge in [0.1, 0.15) is 0 Å². The molecule has 0 bridgehead atoms. The van der Waals surface area contributed by atoms with Gasteiger partial charge in [-0.1, -0.05) is 30.3 Å². The minimum atomic E-state index is 0.191. The fourth-order valence-corrected chi connectivity index (χ4v) is 2.12. The molecular formula is C14H13NO. The topological polar surface area (TPSA) is 22.1 Å². The van der Waals surface area contributed by atoms with Gasteiger partial charge >= 0.3 is 0 Å². The van der Waals surface area contributed by atoms with E-state index in [1.54, 1.807) is 0 Å². The monoisotopic (exact) mass is 211 g/mol. The second-order valence-corrected chi connectivity index (χ2v) is 4.06. The van der Waals surface area contributed by atoms with Crippen molar-refractivity contribution >= 4 is 0 Å². The number of nitrogens with zero attached hydrogens (tertiary/aromatic N) is 1. The van der Waals surface area contributed by atoms with Crippen LogP contribution in [0, 0.1) is 0 Å². The number of benzene rings is 1. The largest absolute Gasteiger partial charge is 0.368 e. The van der Waals surface area contributed by atoms with Crippen LogP contribution in [0.4, 0.5) is 0 Å². The molecular weight excluding hydrogens is 198 g/mol. The quantitative estimate of drug-likeness (QED) is 0.723. The van der Waals surface area contributed by atoms with Gasteiger partial charge in [-0.15, -0.1) is 0 Å². The zero-order chi connectivity index (χ0) is 10.8. The molecule has 1 aromatic heterocycles. The van der Waals surface area contributed by atoms with Gasteiger partial charge in [-0.25, -0.2) is 0 Å². The molecule has 2 heteroatoms. The fraction of sp³-hybridized carbons (Fsp3) is 0.214. The molecule has 0 N–H and O–H groups in total. The van der Waals surface area contributed by atoms with E-state index in [-0.39, 0.29) is 6.10 Å². The summed E-state index contributed by atoms with van der Waals surface area (Å²) in [6, 6.07) is 12.5. The molecule has 0 fully saturated rings. The van der Waals surface area contributed by atoms with Crippen LogP contribution in [0.25, 0.3) is 0 Å². The summed E-state index contributed by atoms with van der Waals surface area (Å²) in [5.41, 5.74) is 3.83. The molecule has 2 aromatic rings. The number of pyridine rings is 1. The summed E-state index contributed by atoms with van der Waals surface area (Å²) in [5, 5.41) is 0. The molecule has 2 heterocycles. The second-order valence-electron chi connectivity index (χ2n) is 4.06. The first kappa shape index (κ1) is 9.55. The lowest BCUT2D eigenvalue weighted by Crippen LogP contribution is -2.15. The van der Waals surface area contributed by atoms with Crippen LogP contribution in [0.2, 0.25) is 0 Å². The van der Waals surface area contributed by atoms with Gasteiger partial charge in [-0.2, -0.15) is 0 Å². The van der Waals surface area contributed by atoms with Gasteiger partial charge in [0.15, 0.2) is 0 Å². The molecule has 16 heavy (non-hydrogen) atoms. The first-order chi connectivity index (χ1) is 7.93. The van der Waals surface area contributed by atoms with Crippen LogP contribution in [0.3, 0.4) is 0 Å². The smallest absolute Gasteiger partial charge is 0.0869 e. The SMILES string of the molecule is c1ccc(C2Cc3ccncc3CO2)cc1. The Labute approximate surface area is 94.9 Å². The van der Waals surface area contributed by atoms with Crippen LogP contribution in [0.1, 0.15) is 22.8 Å². The van der Waals surface area contributed by atoms with Crippen molar-refractivity contribution in [1.82, 2.24) is 4.98 Å². The van der Waals surface area contributed by atoms with Gasteiger partial charge in [0.2, 0.25) is 0 Å². The van der Waals surface area contributed by atoms with Gasteiger partial charge in [0.25, 0.3) is 0 Å². The molecule has 1 aromatic carbocycles. The molecule has 1 aliphatic heterocycles. The second kappa shape index (κ2) is 4.06. The maximum atomic E-state index is 5.85. The van der Waals surface area contributed by atoms with E-state index in [1.165, 1.54) is 16.7 Å². The van der Waals surface area contributed by atoms with E-state index < -0.39 is 0 Å². The van der Waals surface area contributed by atoms with Gasteiger partial charge < -0.3 is 4.74 Å². The van der Waals surface area contributed by atoms with E-state index in [0.29, 0.717) is 6.61 Å². The summed E-state index contributed by atoms with van der Waals surface area (Å²) in [7, 11) is 0. The van der Waals surface area contributed by atoms with Crippen LogP contribution >= 0.6 is 0 Å². The molecule has 0 radical (unpaired) electrons. The van der Waals surface area contributed by atoms with Crippen molar-refractivity contribution in [1.29, 1.82) is 0 Å². The van der Waals surface area contributed by atoms with Crippen molar-refractivity contribution in [2.24, 2.45) is 0 Å². The Hall–Kier alpha value is -1.67. The molecule has 0 amide bonds. The van der Waals surface area contributed by atoms with Crippen molar-refractivity contribution in [2.45, 2.75) is 19.1 Å². The average Bonchev–Trinajstić information content (AvgIpc) is 2.39. The predicted octanol–water partition coefficient (Wildman–Crippen LogP) is 2.90. The molecule has 0 saturated heterocycles. The third kappa shape index (κ3) is 1.72. The molecule has 0 spiro atoms. The zero-order valence-corrected chi connectivity index (χ0v) is 8.97. The van der Waals surface area contributed by atoms with Crippen molar-refractivity contribution in [3.8, 4) is 0 Å². The number of ether oxygens (including phenoxy) is 1. The van der Waals surface area contributed by atoms with Crippen LogP contribution in [0.15, 0.2) is 48.8 Å². The van der Waals surface area contributed by atoms with Crippen molar-refractivity contribution < 1.29 is 4.74 Å². The molecule has 0 saturated carbocycles. The average molecular weight is 211 g/mol. The highest BCUT2D eigenvalue weighted by atomic mass is 16.5. The molecule has 0 aliphatic carbocycles. The normalized spacial score (nSPS) is 19.1. The van der Waals surface area contributed by atoms with Crippen LogP contribution in [-0.4, -0.2) is 4.98 Å². The van der Waals surface area contributed by atoms with E-state index in [9.17, 15) is 0 Å². The standard InChI is InChI=1S/C14H13NO/c1-2-4-11(5-3-1)14-8-12-6-7-15-9-13(12)10-16-14/h1-7,9,14H,8,10H2. The predicted molar refractivity (Wildman–Crippen MR) is 61.9 cm³/mol. The highest BCUT2D eigenvalue weighted by Gasteiger charge is 2.20. The Morgan fingerprint density at radius 2 is 1.94 bits per heavy atom. The minimum Gasteiger partial charge on any atom is -0.368 e. The maximum Gasteiger partial charge on any atom is 0.0869 e. The zero-order valence-electron chi connectivity index (χ0n) is 8.97. The molecule has 1 unspecified atom stereocenters. The highest BCUT2D eigenvalue weighted by molar-refractivity contribution is 5.28. The Morgan fingerprint density at radius 1 is 1.06 bits per heavy atom. The van der Waals surface area contributed by atoms with E-state index in [2.05, 4.69) is 35.3 Å². The third-order valence-electron chi connectivity index (χ3n) is 3.02. The number of hydrogen-bond donors (Lipinski definition) is 0. The number of rotatable bonds is 1. The van der Waals surface area contributed by atoms with E-state index >= 15 is 0 Å². The third-order valence-corrected chi connectivity index (χ3v) is 3.02. The van der Waals surface area contributed by atoms with Crippen LogP contribution in [-0.2, 0) is 17.8 Å². The maximum absolute atomic E-state index is 5.85. The molecule has 3 rings (SSSR count). The van der Waals surface area contributed by atoms with E-state index in [1.807, 2.05) is 18.5 Å². The van der Waals surface area contributed by atoms with Gasteiger partial charge in [-0.05, 0) is 22.8 Å². The number of aromatic nitrogens is 1. The summed E-state index contributed by atoms with van der Waals surface area (Å²) in [6.07, 6.45) is 4.89. The van der Waals surface area contributed by atoms with Crippen molar-refractivity contribution in [3.05, 3.63) is 65.5 Å². The summed E-state index contributed by atoms with van der Waals surface area (Å²) in [4.78, 5) is 4.12.